The van der Waals surface area contributed by atoms with Crippen LogP contribution in [0.4, 0.5) is 0 Å². The lowest BCUT2D eigenvalue weighted by molar-refractivity contribution is 0.260. The van der Waals surface area contributed by atoms with E-state index >= 15 is 0 Å². The van der Waals surface area contributed by atoms with E-state index < -0.39 is 0 Å². The zero-order valence-electron chi connectivity index (χ0n) is 14.2. The fourth-order valence-corrected chi connectivity index (χ4v) is 3.08. The second-order valence-electron chi connectivity index (χ2n) is 5.89. The Morgan fingerprint density at radius 3 is 2.86 bits per heavy atom. The van der Waals surface area contributed by atoms with Gasteiger partial charge in [-0.15, -0.1) is 0 Å². The minimum absolute atomic E-state index is 0.694. The minimum Gasteiger partial charge on any atom is -0.493 e. The van der Waals surface area contributed by atoms with E-state index in [1.807, 2.05) is 6.07 Å². The number of nitrogens with zero attached hydrogens (tertiary/aromatic N) is 1. The first-order chi connectivity index (χ1) is 10.8. The molecule has 2 rings (SSSR count). The van der Waals surface area contributed by atoms with Crippen LogP contribution >= 0.6 is 0 Å². The first kappa shape index (κ1) is 17.1. The highest BCUT2D eigenvalue weighted by molar-refractivity contribution is 5.42. The van der Waals surface area contributed by atoms with E-state index in [0.29, 0.717) is 6.04 Å². The molecule has 0 spiro atoms. The Kier molecular flexibility index (Phi) is 7.00. The summed E-state index contributed by atoms with van der Waals surface area (Å²) >= 11 is 0. The van der Waals surface area contributed by atoms with Gasteiger partial charge in [-0.3, -0.25) is 4.90 Å². The highest BCUT2D eigenvalue weighted by Crippen LogP contribution is 2.28. The zero-order valence-corrected chi connectivity index (χ0v) is 14.2. The summed E-state index contributed by atoms with van der Waals surface area (Å²) in [5.41, 5.74) is 1.24. The van der Waals surface area contributed by atoms with Crippen LogP contribution in [0.2, 0.25) is 0 Å². The molecule has 1 saturated heterocycles. The van der Waals surface area contributed by atoms with Crippen LogP contribution in [0.25, 0.3) is 0 Å². The lowest BCUT2D eigenvalue weighted by atomic mass is 10.1. The normalized spacial score (nSPS) is 18.6. The summed E-state index contributed by atoms with van der Waals surface area (Å²) in [7, 11) is 1.70. The van der Waals surface area contributed by atoms with E-state index in [4.69, 9.17) is 9.47 Å². The fourth-order valence-electron chi connectivity index (χ4n) is 3.08. The van der Waals surface area contributed by atoms with Crippen LogP contribution in [0.3, 0.4) is 0 Å². The first-order valence-corrected chi connectivity index (χ1v) is 8.53. The number of methoxy groups -OCH3 is 1. The molecule has 0 aliphatic carbocycles. The predicted octanol–water partition coefficient (Wildman–Crippen LogP) is 3.06. The molecule has 1 aliphatic rings. The van der Waals surface area contributed by atoms with Gasteiger partial charge in [0.1, 0.15) is 0 Å². The van der Waals surface area contributed by atoms with Crippen molar-refractivity contribution in [1.82, 2.24) is 10.2 Å². The smallest absolute Gasteiger partial charge is 0.161 e. The highest BCUT2D eigenvalue weighted by atomic mass is 16.5. The molecule has 22 heavy (non-hydrogen) atoms. The molecular weight excluding hydrogens is 276 g/mol. The number of likely N-dealkylation sites (N-methyl/N-ethyl adjacent to an activating group) is 1. The van der Waals surface area contributed by atoms with Crippen LogP contribution in [-0.4, -0.2) is 44.3 Å². The molecule has 0 saturated carbocycles. The molecule has 0 radical (unpaired) electrons. The van der Waals surface area contributed by atoms with Crippen LogP contribution in [0.5, 0.6) is 11.5 Å². The Labute approximate surface area is 134 Å². The lowest BCUT2D eigenvalue weighted by Gasteiger charge is -2.23. The molecule has 0 amide bonds. The Bertz CT molecular complexity index is 451. The van der Waals surface area contributed by atoms with Crippen LogP contribution in [0.15, 0.2) is 18.2 Å². The third kappa shape index (κ3) is 4.62. The van der Waals surface area contributed by atoms with Gasteiger partial charge in [-0.1, -0.05) is 19.9 Å². The van der Waals surface area contributed by atoms with Crippen molar-refractivity contribution >= 4 is 0 Å². The Morgan fingerprint density at radius 1 is 1.27 bits per heavy atom. The van der Waals surface area contributed by atoms with Crippen LogP contribution in [0, 0.1) is 0 Å². The molecule has 1 heterocycles. The SMILES string of the molecule is CCCOc1ccc(CNCC2CCCN2CC)cc1OC. The van der Waals surface area contributed by atoms with Crippen molar-refractivity contribution in [3.05, 3.63) is 23.8 Å². The second-order valence-corrected chi connectivity index (χ2v) is 5.89. The topological polar surface area (TPSA) is 33.7 Å². The molecule has 1 aromatic carbocycles. The first-order valence-electron chi connectivity index (χ1n) is 8.53. The number of benzene rings is 1. The third-order valence-electron chi connectivity index (χ3n) is 4.30. The zero-order chi connectivity index (χ0) is 15.8. The van der Waals surface area contributed by atoms with Gasteiger partial charge in [0.2, 0.25) is 0 Å². The van der Waals surface area contributed by atoms with Gasteiger partial charge < -0.3 is 14.8 Å². The predicted molar refractivity (Wildman–Crippen MR) is 90.8 cm³/mol. The maximum Gasteiger partial charge on any atom is 0.161 e. The van der Waals surface area contributed by atoms with E-state index in [-0.39, 0.29) is 0 Å². The summed E-state index contributed by atoms with van der Waals surface area (Å²) in [5, 5.41) is 3.58. The van der Waals surface area contributed by atoms with Crippen molar-refractivity contribution in [3.63, 3.8) is 0 Å². The van der Waals surface area contributed by atoms with Crippen LogP contribution in [0.1, 0.15) is 38.7 Å². The molecule has 1 unspecified atom stereocenters. The number of nitrogens with one attached hydrogen (secondary N) is 1. The van der Waals surface area contributed by atoms with Crippen molar-refractivity contribution in [2.45, 2.75) is 45.7 Å². The standard InChI is InChI=1S/C18H30N2O2/c1-4-11-22-17-9-8-15(12-18(17)21-3)13-19-14-16-7-6-10-20(16)5-2/h8-9,12,16,19H,4-7,10-11,13-14H2,1-3H3. The van der Waals surface area contributed by atoms with E-state index in [1.54, 1.807) is 7.11 Å². The number of hydrogen-bond donors (Lipinski definition) is 1. The van der Waals surface area contributed by atoms with E-state index in [0.717, 1.165) is 44.2 Å². The van der Waals surface area contributed by atoms with Gasteiger partial charge >= 0.3 is 0 Å². The Balaban J connectivity index is 1.84. The van der Waals surface area contributed by atoms with E-state index in [1.165, 1.54) is 24.9 Å². The monoisotopic (exact) mass is 306 g/mol. The number of rotatable bonds is 9. The van der Waals surface area contributed by atoms with Gasteiger partial charge in [0, 0.05) is 19.1 Å². The molecule has 1 N–H and O–H groups in total. The maximum absolute atomic E-state index is 5.69. The molecule has 1 aromatic rings. The third-order valence-corrected chi connectivity index (χ3v) is 4.30. The number of ether oxygens (including phenoxy) is 2. The van der Waals surface area contributed by atoms with Gasteiger partial charge in [-0.25, -0.2) is 0 Å². The van der Waals surface area contributed by atoms with E-state index in [2.05, 4.69) is 36.2 Å². The van der Waals surface area contributed by atoms with Crippen molar-refractivity contribution in [2.24, 2.45) is 0 Å². The largest absolute Gasteiger partial charge is 0.493 e. The van der Waals surface area contributed by atoms with Crippen LogP contribution < -0.4 is 14.8 Å². The Hall–Kier alpha value is -1.26. The van der Waals surface area contributed by atoms with Gasteiger partial charge in [0.25, 0.3) is 0 Å². The fraction of sp³-hybridized carbons (Fsp3) is 0.667. The van der Waals surface area contributed by atoms with Crippen molar-refractivity contribution < 1.29 is 9.47 Å². The van der Waals surface area contributed by atoms with Gasteiger partial charge in [-0.2, -0.15) is 0 Å². The van der Waals surface area contributed by atoms with E-state index in [9.17, 15) is 0 Å². The summed E-state index contributed by atoms with van der Waals surface area (Å²) < 4.78 is 11.1. The van der Waals surface area contributed by atoms with Gasteiger partial charge in [0.15, 0.2) is 11.5 Å². The quantitative estimate of drug-likeness (QED) is 0.760. The molecule has 1 aliphatic heterocycles. The highest BCUT2D eigenvalue weighted by Gasteiger charge is 2.22. The lowest BCUT2D eigenvalue weighted by Crippen LogP contribution is -2.37. The van der Waals surface area contributed by atoms with Gasteiger partial charge in [-0.05, 0) is 50.0 Å². The summed E-state index contributed by atoms with van der Waals surface area (Å²) in [6.45, 7) is 9.42. The maximum atomic E-state index is 5.69. The summed E-state index contributed by atoms with van der Waals surface area (Å²) in [6, 6.07) is 6.90. The average molecular weight is 306 g/mol. The number of likely N-dealkylation sites (tertiary alicyclic amines) is 1. The minimum atomic E-state index is 0.694. The molecule has 1 fully saturated rings. The molecular formula is C18H30N2O2. The molecule has 1 atom stereocenters. The average Bonchev–Trinajstić information content (AvgIpc) is 3.01. The Morgan fingerprint density at radius 2 is 2.14 bits per heavy atom. The molecule has 0 aromatic heterocycles. The molecule has 0 bridgehead atoms. The molecule has 124 valence electrons. The molecule has 4 nitrogen and oxygen atoms in total. The van der Waals surface area contributed by atoms with Crippen molar-refractivity contribution in [2.75, 3.05) is 33.4 Å². The summed E-state index contributed by atoms with van der Waals surface area (Å²) in [5.74, 6) is 1.66. The summed E-state index contributed by atoms with van der Waals surface area (Å²) in [4.78, 5) is 2.56. The second kappa shape index (κ2) is 9.01. The van der Waals surface area contributed by atoms with Crippen molar-refractivity contribution in [1.29, 1.82) is 0 Å². The summed E-state index contributed by atoms with van der Waals surface area (Å²) in [6.07, 6.45) is 3.65. The molecule has 4 heteroatoms. The van der Waals surface area contributed by atoms with Crippen molar-refractivity contribution in [3.8, 4) is 11.5 Å². The number of hydrogen-bond acceptors (Lipinski definition) is 4. The van der Waals surface area contributed by atoms with Gasteiger partial charge in [0.05, 0.1) is 13.7 Å². The van der Waals surface area contributed by atoms with Crippen LogP contribution in [-0.2, 0) is 6.54 Å².